The van der Waals surface area contributed by atoms with Crippen molar-refractivity contribution in [3.8, 4) is 10.8 Å². The normalized spacial score (nSPS) is 18.1. The summed E-state index contributed by atoms with van der Waals surface area (Å²) < 4.78 is 5.57. The molecule has 3 rings (SSSR count). The lowest BCUT2D eigenvalue weighted by Crippen LogP contribution is -2.37. The summed E-state index contributed by atoms with van der Waals surface area (Å²) in [5.41, 5.74) is 0.751. The van der Waals surface area contributed by atoms with Gasteiger partial charge < -0.3 is 15.1 Å². The Morgan fingerprint density at radius 1 is 1.52 bits per heavy atom. The number of nitrogens with one attached hydrogen (secondary N) is 2. The summed E-state index contributed by atoms with van der Waals surface area (Å²) in [5.74, 6) is 1.52. The monoisotopic (exact) mass is 305 g/mol. The zero-order valence-electron chi connectivity index (χ0n) is 12.2. The molecule has 6 heteroatoms. The lowest BCUT2D eigenvalue weighted by molar-refractivity contribution is 0.0953. The Hall–Kier alpha value is -1.66. The van der Waals surface area contributed by atoms with Gasteiger partial charge in [0.05, 0.1) is 5.69 Å². The molecule has 1 unspecified atom stereocenters. The van der Waals surface area contributed by atoms with Crippen LogP contribution < -0.4 is 10.6 Å². The van der Waals surface area contributed by atoms with Gasteiger partial charge in [0.2, 0.25) is 0 Å². The van der Waals surface area contributed by atoms with Gasteiger partial charge in [0, 0.05) is 12.6 Å². The molecule has 2 N–H and O–H groups in total. The van der Waals surface area contributed by atoms with Gasteiger partial charge in [0.25, 0.3) is 5.91 Å². The van der Waals surface area contributed by atoms with Gasteiger partial charge >= 0.3 is 0 Å². The number of rotatable bonds is 4. The number of carbonyl (C=O) groups is 1. The molecule has 0 aliphatic carbocycles. The van der Waals surface area contributed by atoms with E-state index in [1.807, 2.05) is 26.0 Å². The van der Waals surface area contributed by atoms with Crippen molar-refractivity contribution in [3.05, 3.63) is 28.5 Å². The van der Waals surface area contributed by atoms with E-state index in [0.29, 0.717) is 17.5 Å². The SMILES string of the molecule is Cc1ccc(-c2nc(C)c(C(=O)NCC3CCCN3)s2)o1. The zero-order valence-corrected chi connectivity index (χ0v) is 13.0. The first-order chi connectivity index (χ1) is 10.1. The third-order valence-corrected chi connectivity index (χ3v) is 4.80. The smallest absolute Gasteiger partial charge is 0.263 e. The third kappa shape index (κ3) is 3.16. The largest absolute Gasteiger partial charge is 0.459 e. The van der Waals surface area contributed by atoms with Gasteiger partial charge in [-0.25, -0.2) is 4.98 Å². The predicted octanol–water partition coefficient (Wildman–Crippen LogP) is 2.50. The van der Waals surface area contributed by atoms with Crippen LogP contribution in [-0.4, -0.2) is 30.0 Å². The summed E-state index contributed by atoms with van der Waals surface area (Å²) in [6.07, 6.45) is 2.31. The molecule has 0 saturated carbocycles. The molecule has 3 heterocycles. The summed E-state index contributed by atoms with van der Waals surface area (Å²) >= 11 is 1.38. The van der Waals surface area contributed by atoms with Crippen LogP contribution in [0.25, 0.3) is 10.8 Å². The molecular formula is C15H19N3O2S. The van der Waals surface area contributed by atoms with Crippen molar-refractivity contribution < 1.29 is 9.21 Å². The van der Waals surface area contributed by atoms with Gasteiger partial charge in [-0.1, -0.05) is 0 Å². The van der Waals surface area contributed by atoms with E-state index in [1.165, 1.54) is 17.8 Å². The fraction of sp³-hybridized carbons (Fsp3) is 0.467. The molecule has 0 bridgehead atoms. The highest BCUT2D eigenvalue weighted by Crippen LogP contribution is 2.29. The number of amides is 1. The lowest BCUT2D eigenvalue weighted by Gasteiger charge is -2.10. The number of carbonyl (C=O) groups excluding carboxylic acids is 1. The number of aryl methyl sites for hydroxylation is 2. The van der Waals surface area contributed by atoms with Crippen molar-refractivity contribution in [1.82, 2.24) is 15.6 Å². The molecule has 1 amide bonds. The highest BCUT2D eigenvalue weighted by molar-refractivity contribution is 7.17. The van der Waals surface area contributed by atoms with Crippen LogP contribution in [0.15, 0.2) is 16.5 Å². The summed E-state index contributed by atoms with van der Waals surface area (Å²) in [7, 11) is 0. The van der Waals surface area contributed by atoms with Gasteiger partial charge in [0.1, 0.15) is 10.6 Å². The Kier molecular flexibility index (Phi) is 4.07. The Labute approximate surface area is 127 Å². The maximum Gasteiger partial charge on any atom is 0.263 e. The van der Waals surface area contributed by atoms with Crippen LogP contribution in [0.3, 0.4) is 0 Å². The summed E-state index contributed by atoms with van der Waals surface area (Å²) in [6, 6.07) is 4.18. The van der Waals surface area contributed by atoms with E-state index in [9.17, 15) is 4.79 Å². The molecule has 1 saturated heterocycles. The topological polar surface area (TPSA) is 67.2 Å². The van der Waals surface area contributed by atoms with E-state index in [0.717, 1.165) is 35.2 Å². The minimum atomic E-state index is -0.0479. The zero-order chi connectivity index (χ0) is 14.8. The molecule has 1 fully saturated rings. The second kappa shape index (κ2) is 5.99. The predicted molar refractivity (Wildman–Crippen MR) is 82.6 cm³/mol. The van der Waals surface area contributed by atoms with Crippen molar-refractivity contribution in [3.63, 3.8) is 0 Å². The molecule has 2 aromatic heterocycles. The van der Waals surface area contributed by atoms with Crippen molar-refractivity contribution >= 4 is 17.2 Å². The van der Waals surface area contributed by atoms with Gasteiger partial charge in [0.15, 0.2) is 10.8 Å². The Morgan fingerprint density at radius 2 is 2.38 bits per heavy atom. The molecule has 0 radical (unpaired) electrons. The average molecular weight is 305 g/mol. The number of furan rings is 1. The first kappa shape index (κ1) is 14.3. The quantitative estimate of drug-likeness (QED) is 0.911. The minimum Gasteiger partial charge on any atom is -0.459 e. The molecule has 2 aromatic rings. The van der Waals surface area contributed by atoms with Gasteiger partial charge in [-0.05, 0) is 45.4 Å². The van der Waals surface area contributed by atoms with E-state index < -0.39 is 0 Å². The molecule has 21 heavy (non-hydrogen) atoms. The number of hydrogen-bond donors (Lipinski definition) is 2. The fourth-order valence-corrected chi connectivity index (χ4v) is 3.43. The van der Waals surface area contributed by atoms with Crippen LogP contribution in [0.2, 0.25) is 0 Å². The van der Waals surface area contributed by atoms with Crippen molar-refractivity contribution in [2.75, 3.05) is 13.1 Å². The Bertz CT molecular complexity index is 641. The average Bonchev–Trinajstić information content (AvgIpc) is 3.16. The molecule has 1 aliphatic rings. The Balaban J connectivity index is 1.69. The highest BCUT2D eigenvalue weighted by atomic mass is 32.1. The van der Waals surface area contributed by atoms with Crippen LogP contribution >= 0.6 is 11.3 Å². The van der Waals surface area contributed by atoms with Crippen LogP contribution in [0.5, 0.6) is 0 Å². The first-order valence-corrected chi connectivity index (χ1v) is 8.01. The summed E-state index contributed by atoms with van der Waals surface area (Å²) in [6.45, 7) is 5.47. The third-order valence-electron chi connectivity index (χ3n) is 3.63. The van der Waals surface area contributed by atoms with Crippen LogP contribution in [0, 0.1) is 13.8 Å². The second-order valence-electron chi connectivity index (χ2n) is 5.35. The van der Waals surface area contributed by atoms with E-state index in [-0.39, 0.29) is 5.91 Å². The number of aromatic nitrogens is 1. The summed E-state index contributed by atoms with van der Waals surface area (Å²) in [4.78, 5) is 17.4. The maximum absolute atomic E-state index is 12.3. The van der Waals surface area contributed by atoms with E-state index >= 15 is 0 Å². The van der Waals surface area contributed by atoms with Crippen molar-refractivity contribution in [1.29, 1.82) is 0 Å². The van der Waals surface area contributed by atoms with Gasteiger partial charge in [-0.2, -0.15) is 0 Å². The fourth-order valence-electron chi connectivity index (χ4n) is 2.49. The molecule has 0 spiro atoms. The minimum absolute atomic E-state index is 0.0479. The number of nitrogens with zero attached hydrogens (tertiary/aromatic N) is 1. The molecule has 5 nitrogen and oxygen atoms in total. The Morgan fingerprint density at radius 3 is 3.05 bits per heavy atom. The van der Waals surface area contributed by atoms with E-state index in [4.69, 9.17) is 4.42 Å². The molecule has 0 aromatic carbocycles. The van der Waals surface area contributed by atoms with Crippen LogP contribution in [0.4, 0.5) is 0 Å². The van der Waals surface area contributed by atoms with E-state index in [2.05, 4.69) is 15.6 Å². The van der Waals surface area contributed by atoms with Gasteiger partial charge in [-0.15, -0.1) is 11.3 Å². The van der Waals surface area contributed by atoms with Gasteiger partial charge in [-0.3, -0.25) is 4.79 Å². The molecule has 1 atom stereocenters. The molecule has 1 aliphatic heterocycles. The standard InChI is InChI=1S/C15H19N3O2S/c1-9-5-6-12(20-9)15-18-10(2)13(21-15)14(19)17-8-11-4-3-7-16-11/h5-6,11,16H,3-4,7-8H2,1-2H3,(H,17,19). The van der Waals surface area contributed by atoms with E-state index in [1.54, 1.807) is 0 Å². The van der Waals surface area contributed by atoms with Crippen molar-refractivity contribution in [2.45, 2.75) is 32.7 Å². The van der Waals surface area contributed by atoms with Crippen LogP contribution in [-0.2, 0) is 0 Å². The lowest BCUT2D eigenvalue weighted by atomic mass is 10.2. The number of hydrogen-bond acceptors (Lipinski definition) is 5. The second-order valence-corrected chi connectivity index (χ2v) is 6.35. The highest BCUT2D eigenvalue weighted by Gasteiger charge is 2.20. The maximum atomic E-state index is 12.3. The summed E-state index contributed by atoms with van der Waals surface area (Å²) in [5, 5.41) is 7.11. The van der Waals surface area contributed by atoms with Crippen molar-refractivity contribution in [2.24, 2.45) is 0 Å². The first-order valence-electron chi connectivity index (χ1n) is 7.19. The number of thiazole rings is 1. The molecule has 112 valence electrons. The molecular weight excluding hydrogens is 286 g/mol. The van der Waals surface area contributed by atoms with Crippen LogP contribution in [0.1, 0.15) is 34.0 Å².